The lowest BCUT2D eigenvalue weighted by atomic mass is 9.74. The van der Waals surface area contributed by atoms with Crippen LogP contribution in [0.25, 0.3) is 0 Å². The summed E-state index contributed by atoms with van der Waals surface area (Å²) in [7, 11) is 0. The first-order valence-corrected chi connectivity index (χ1v) is 6.34. The van der Waals surface area contributed by atoms with Crippen molar-refractivity contribution in [2.75, 3.05) is 0 Å². The zero-order chi connectivity index (χ0) is 10.3. The van der Waals surface area contributed by atoms with Gasteiger partial charge in [-0.15, -0.1) is 0 Å². The number of hydrogen-bond acceptors (Lipinski definition) is 1. The molecule has 0 amide bonds. The van der Waals surface area contributed by atoms with Gasteiger partial charge in [0.05, 0.1) is 0 Å². The molecule has 0 spiro atoms. The zero-order valence-corrected chi connectivity index (χ0v) is 9.92. The molecule has 82 valence electrons. The molecule has 0 aromatic rings. The Balaban J connectivity index is 2.02. The van der Waals surface area contributed by atoms with Gasteiger partial charge in [0.1, 0.15) is 0 Å². The van der Waals surface area contributed by atoms with E-state index in [1.54, 1.807) is 0 Å². The van der Waals surface area contributed by atoms with Gasteiger partial charge in [0, 0.05) is 6.04 Å². The molecule has 4 unspecified atom stereocenters. The summed E-state index contributed by atoms with van der Waals surface area (Å²) in [6.07, 6.45) is 7.17. The van der Waals surface area contributed by atoms with Crippen LogP contribution in [0.5, 0.6) is 0 Å². The molecule has 2 aliphatic carbocycles. The second-order valence-electron chi connectivity index (χ2n) is 5.99. The highest BCUT2D eigenvalue weighted by molar-refractivity contribution is 5.12. The molecule has 0 heterocycles. The monoisotopic (exact) mass is 195 g/mol. The van der Waals surface area contributed by atoms with Crippen LogP contribution in [0.15, 0.2) is 0 Å². The highest BCUT2D eigenvalue weighted by Gasteiger charge is 2.59. The molecule has 0 aliphatic heterocycles. The summed E-state index contributed by atoms with van der Waals surface area (Å²) in [6.45, 7) is 7.05. The Labute approximate surface area is 88.4 Å². The van der Waals surface area contributed by atoms with Gasteiger partial charge < -0.3 is 5.73 Å². The molecule has 2 rings (SSSR count). The molecule has 0 bridgehead atoms. The lowest BCUT2D eigenvalue weighted by Gasteiger charge is -2.32. The first kappa shape index (κ1) is 10.5. The van der Waals surface area contributed by atoms with Crippen LogP contribution in [-0.4, -0.2) is 6.04 Å². The maximum atomic E-state index is 6.19. The van der Waals surface area contributed by atoms with Crippen LogP contribution < -0.4 is 5.73 Å². The van der Waals surface area contributed by atoms with Gasteiger partial charge in [-0.25, -0.2) is 0 Å². The minimum absolute atomic E-state index is 0.440. The second-order valence-corrected chi connectivity index (χ2v) is 5.99. The first-order valence-electron chi connectivity index (χ1n) is 6.34. The van der Waals surface area contributed by atoms with E-state index in [1.165, 1.54) is 32.1 Å². The quantitative estimate of drug-likeness (QED) is 0.719. The topological polar surface area (TPSA) is 26.0 Å². The Morgan fingerprint density at radius 2 is 1.79 bits per heavy atom. The van der Waals surface area contributed by atoms with E-state index < -0.39 is 0 Å². The summed E-state index contributed by atoms with van der Waals surface area (Å²) < 4.78 is 0. The normalized spacial score (nSPS) is 46.3. The number of nitrogens with two attached hydrogens (primary N) is 1. The summed E-state index contributed by atoms with van der Waals surface area (Å²) >= 11 is 0. The van der Waals surface area contributed by atoms with Gasteiger partial charge in [0.25, 0.3) is 0 Å². The predicted molar refractivity (Wildman–Crippen MR) is 61.0 cm³/mol. The third-order valence-electron chi connectivity index (χ3n) is 4.95. The van der Waals surface area contributed by atoms with Crippen molar-refractivity contribution in [3.63, 3.8) is 0 Å². The van der Waals surface area contributed by atoms with Gasteiger partial charge in [0.2, 0.25) is 0 Å². The molecule has 0 aromatic heterocycles. The fourth-order valence-corrected chi connectivity index (χ4v) is 3.75. The highest BCUT2D eigenvalue weighted by Crippen LogP contribution is 2.59. The van der Waals surface area contributed by atoms with Crippen LogP contribution in [0.2, 0.25) is 0 Å². The minimum atomic E-state index is 0.440. The van der Waals surface area contributed by atoms with Crippen molar-refractivity contribution in [1.82, 2.24) is 0 Å². The van der Waals surface area contributed by atoms with Gasteiger partial charge in [-0.3, -0.25) is 0 Å². The van der Waals surface area contributed by atoms with Crippen LogP contribution in [0, 0.1) is 23.2 Å². The van der Waals surface area contributed by atoms with Crippen molar-refractivity contribution in [2.45, 2.75) is 58.9 Å². The Hall–Kier alpha value is -0.0400. The van der Waals surface area contributed by atoms with Crippen molar-refractivity contribution in [3.8, 4) is 0 Å². The molecule has 4 atom stereocenters. The lowest BCUT2D eigenvalue weighted by Crippen LogP contribution is -2.23. The molecule has 2 saturated carbocycles. The molecular weight excluding hydrogens is 170 g/mol. The number of hydrogen-bond donors (Lipinski definition) is 1. The molecule has 0 aromatic carbocycles. The third-order valence-corrected chi connectivity index (χ3v) is 4.95. The van der Waals surface area contributed by atoms with E-state index in [4.69, 9.17) is 5.73 Å². The van der Waals surface area contributed by atoms with Gasteiger partial charge in [0.15, 0.2) is 0 Å². The smallest absolute Gasteiger partial charge is 0.0130 e. The largest absolute Gasteiger partial charge is 0.327 e. The van der Waals surface area contributed by atoms with Crippen molar-refractivity contribution in [3.05, 3.63) is 0 Å². The maximum Gasteiger partial charge on any atom is 0.0130 e. The second kappa shape index (κ2) is 3.52. The average Bonchev–Trinajstić information content (AvgIpc) is 2.66. The van der Waals surface area contributed by atoms with E-state index in [2.05, 4.69) is 20.8 Å². The van der Waals surface area contributed by atoms with E-state index >= 15 is 0 Å². The summed E-state index contributed by atoms with van der Waals surface area (Å²) in [6, 6.07) is 0.486. The fraction of sp³-hybridized carbons (Fsp3) is 1.00. The van der Waals surface area contributed by atoms with Crippen LogP contribution in [0.4, 0.5) is 0 Å². The number of rotatable bonds is 2. The van der Waals surface area contributed by atoms with Crippen molar-refractivity contribution in [2.24, 2.45) is 28.9 Å². The minimum Gasteiger partial charge on any atom is -0.327 e. The highest BCUT2D eigenvalue weighted by atomic mass is 14.9. The van der Waals surface area contributed by atoms with Gasteiger partial charge in [-0.05, 0) is 29.6 Å². The van der Waals surface area contributed by atoms with Crippen LogP contribution in [-0.2, 0) is 0 Å². The molecule has 0 saturated heterocycles. The molecule has 0 radical (unpaired) electrons. The fourth-order valence-electron chi connectivity index (χ4n) is 3.75. The Morgan fingerprint density at radius 3 is 2.29 bits per heavy atom. The average molecular weight is 195 g/mol. The SMILES string of the molecule is CCC1CCCCC1C1C(N)C1(C)C. The summed E-state index contributed by atoms with van der Waals surface area (Å²) in [5.41, 5.74) is 6.63. The molecular formula is C13H25N. The van der Waals surface area contributed by atoms with E-state index in [9.17, 15) is 0 Å². The standard InChI is InChI=1S/C13H25N/c1-4-9-7-5-6-8-10(9)11-12(14)13(11,2)3/h9-12H,4-8,14H2,1-3H3. The molecule has 2 N–H and O–H groups in total. The van der Waals surface area contributed by atoms with E-state index in [0.717, 1.165) is 17.8 Å². The van der Waals surface area contributed by atoms with E-state index in [0.29, 0.717) is 11.5 Å². The molecule has 2 aliphatic rings. The van der Waals surface area contributed by atoms with Crippen molar-refractivity contribution >= 4 is 0 Å². The molecule has 1 heteroatoms. The maximum absolute atomic E-state index is 6.19. The van der Waals surface area contributed by atoms with Crippen molar-refractivity contribution < 1.29 is 0 Å². The summed E-state index contributed by atoms with van der Waals surface area (Å²) in [4.78, 5) is 0. The summed E-state index contributed by atoms with van der Waals surface area (Å²) in [5.74, 6) is 2.74. The molecule has 14 heavy (non-hydrogen) atoms. The van der Waals surface area contributed by atoms with Crippen LogP contribution in [0.3, 0.4) is 0 Å². The van der Waals surface area contributed by atoms with Gasteiger partial charge >= 0.3 is 0 Å². The van der Waals surface area contributed by atoms with Gasteiger partial charge in [-0.2, -0.15) is 0 Å². The first-order chi connectivity index (χ1) is 6.59. The zero-order valence-electron chi connectivity index (χ0n) is 9.92. The molecule has 1 nitrogen and oxygen atoms in total. The Kier molecular flexibility index (Phi) is 2.63. The van der Waals surface area contributed by atoms with Crippen molar-refractivity contribution in [1.29, 1.82) is 0 Å². The van der Waals surface area contributed by atoms with Crippen LogP contribution >= 0.6 is 0 Å². The Bertz CT molecular complexity index is 209. The van der Waals surface area contributed by atoms with E-state index in [-0.39, 0.29) is 0 Å². The third kappa shape index (κ3) is 1.50. The van der Waals surface area contributed by atoms with E-state index in [1.807, 2.05) is 0 Å². The summed E-state index contributed by atoms with van der Waals surface area (Å²) in [5, 5.41) is 0. The Morgan fingerprint density at radius 1 is 1.21 bits per heavy atom. The van der Waals surface area contributed by atoms with Gasteiger partial charge in [-0.1, -0.05) is 46.5 Å². The lowest BCUT2D eigenvalue weighted by molar-refractivity contribution is 0.186. The van der Waals surface area contributed by atoms with Crippen LogP contribution in [0.1, 0.15) is 52.9 Å². The molecule has 2 fully saturated rings. The predicted octanol–water partition coefficient (Wildman–Crippen LogP) is 3.19.